The number of aliphatic carboxylic acids is 1. The molecule has 0 aliphatic rings. The zero-order chi connectivity index (χ0) is 8.43. The lowest BCUT2D eigenvalue weighted by molar-refractivity contribution is -0.138. The van der Waals surface area contributed by atoms with Crippen LogP contribution in [0.5, 0.6) is 0 Å². The second-order valence-corrected chi connectivity index (χ2v) is 2.95. The number of hydrogen-bond acceptors (Lipinski definition) is 2. The van der Waals surface area contributed by atoms with Crippen molar-refractivity contribution < 1.29 is 9.90 Å². The molecule has 0 aliphatic heterocycles. The Bertz CT molecular complexity index is 271. The number of carboxylic acid groups (broad SMARTS) is 1. The third-order valence-electron chi connectivity index (χ3n) is 1.44. The summed E-state index contributed by atoms with van der Waals surface area (Å²) in [6, 6.07) is 0. The zero-order valence-electron chi connectivity index (χ0n) is 5.86. The van der Waals surface area contributed by atoms with Crippen molar-refractivity contribution in [3.63, 3.8) is 0 Å². The topological polar surface area (TPSA) is 55.1 Å². The second-order valence-electron chi connectivity index (χ2n) is 2.19. The van der Waals surface area contributed by atoms with Gasteiger partial charge in [-0.3, -0.25) is 8.39 Å². The smallest absolute Gasteiger partial charge is 0.312 e. The van der Waals surface area contributed by atoms with Gasteiger partial charge in [0.15, 0.2) is 0 Å². The Balaban J connectivity index is 2.92. The van der Waals surface area contributed by atoms with Crippen LogP contribution in [0.15, 0.2) is 12.5 Å². The SMILES string of the molecule is CC(C(=O)O)c1cncn1Br. The normalized spacial score (nSPS) is 12.9. The molecular formula is C6H7BrN2O2. The molecular weight excluding hydrogens is 212 g/mol. The highest BCUT2D eigenvalue weighted by Crippen LogP contribution is 2.15. The van der Waals surface area contributed by atoms with E-state index < -0.39 is 11.9 Å². The minimum Gasteiger partial charge on any atom is -0.481 e. The number of carbonyl (C=O) groups is 1. The fourth-order valence-corrected chi connectivity index (χ4v) is 1.22. The molecule has 1 rings (SSSR count). The predicted octanol–water partition coefficient (Wildman–Crippen LogP) is 1.23. The van der Waals surface area contributed by atoms with Gasteiger partial charge in [-0.25, -0.2) is 4.98 Å². The lowest BCUT2D eigenvalue weighted by Crippen LogP contribution is -2.09. The molecule has 1 aromatic rings. The van der Waals surface area contributed by atoms with E-state index in [1.165, 1.54) is 16.1 Å². The van der Waals surface area contributed by atoms with Crippen molar-refractivity contribution in [3.8, 4) is 0 Å². The molecule has 60 valence electrons. The third kappa shape index (κ3) is 1.59. The lowest BCUT2D eigenvalue weighted by atomic mass is 10.1. The molecule has 0 aliphatic carbocycles. The van der Waals surface area contributed by atoms with Crippen molar-refractivity contribution >= 4 is 22.1 Å². The number of rotatable bonds is 2. The van der Waals surface area contributed by atoms with E-state index in [1.807, 2.05) is 0 Å². The van der Waals surface area contributed by atoms with Crippen molar-refractivity contribution in [1.82, 2.24) is 8.58 Å². The molecule has 0 bridgehead atoms. The molecule has 1 heterocycles. The summed E-state index contributed by atoms with van der Waals surface area (Å²) in [6.45, 7) is 1.61. The summed E-state index contributed by atoms with van der Waals surface area (Å²) in [5, 5.41) is 8.62. The Morgan fingerprint density at radius 3 is 2.91 bits per heavy atom. The summed E-state index contributed by atoms with van der Waals surface area (Å²) in [5.74, 6) is -1.39. The van der Waals surface area contributed by atoms with Gasteiger partial charge in [0, 0.05) is 6.20 Å². The molecule has 4 nitrogen and oxygen atoms in total. The van der Waals surface area contributed by atoms with Crippen molar-refractivity contribution in [2.75, 3.05) is 0 Å². The van der Waals surface area contributed by atoms with E-state index in [0.717, 1.165) is 0 Å². The minimum atomic E-state index is -0.855. The molecule has 0 radical (unpaired) electrons. The highest BCUT2D eigenvalue weighted by atomic mass is 79.9. The quantitative estimate of drug-likeness (QED) is 0.813. The molecule has 1 aromatic heterocycles. The highest BCUT2D eigenvalue weighted by molar-refractivity contribution is 9.08. The Morgan fingerprint density at radius 2 is 2.55 bits per heavy atom. The molecule has 11 heavy (non-hydrogen) atoms. The monoisotopic (exact) mass is 218 g/mol. The maximum Gasteiger partial charge on any atom is 0.312 e. The summed E-state index contributed by atoms with van der Waals surface area (Å²) >= 11 is 3.13. The highest BCUT2D eigenvalue weighted by Gasteiger charge is 2.16. The van der Waals surface area contributed by atoms with Crippen LogP contribution in [0, 0.1) is 0 Å². The van der Waals surface area contributed by atoms with Gasteiger partial charge < -0.3 is 5.11 Å². The molecule has 5 heteroatoms. The first-order valence-corrected chi connectivity index (χ1v) is 3.75. The molecule has 0 aromatic carbocycles. The van der Waals surface area contributed by atoms with Crippen LogP contribution in [0.1, 0.15) is 18.5 Å². The Kier molecular flexibility index (Phi) is 2.28. The lowest BCUT2D eigenvalue weighted by Gasteiger charge is -2.03. The maximum atomic E-state index is 10.5. The molecule has 0 spiro atoms. The Morgan fingerprint density at radius 1 is 1.91 bits per heavy atom. The van der Waals surface area contributed by atoms with Crippen LogP contribution in [-0.2, 0) is 4.79 Å². The number of halogens is 1. The van der Waals surface area contributed by atoms with Crippen LogP contribution >= 0.6 is 16.1 Å². The summed E-state index contributed by atoms with van der Waals surface area (Å²) in [4.78, 5) is 14.3. The van der Waals surface area contributed by atoms with E-state index in [9.17, 15) is 4.79 Å². The van der Waals surface area contributed by atoms with E-state index >= 15 is 0 Å². The van der Waals surface area contributed by atoms with E-state index in [-0.39, 0.29) is 0 Å². The number of hydrogen-bond donors (Lipinski definition) is 1. The number of imidazole rings is 1. The summed E-state index contributed by atoms with van der Waals surface area (Å²) < 4.78 is 1.52. The van der Waals surface area contributed by atoms with Gasteiger partial charge in [0.05, 0.1) is 27.8 Å². The zero-order valence-corrected chi connectivity index (χ0v) is 7.45. The standard InChI is InChI=1S/C6H7BrN2O2/c1-4(6(10)11)5-2-8-3-9(5)7/h2-4H,1H3,(H,10,11). The molecule has 0 saturated heterocycles. The van der Waals surface area contributed by atoms with Crippen LogP contribution in [0.25, 0.3) is 0 Å². The van der Waals surface area contributed by atoms with Crippen molar-refractivity contribution in [2.45, 2.75) is 12.8 Å². The van der Waals surface area contributed by atoms with Crippen LogP contribution < -0.4 is 0 Å². The molecule has 0 saturated carbocycles. The average Bonchev–Trinajstić information content (AvgIpc) is 2.33. The van der Waals surface area contributed by atoms with Crippen LogP contribution in [0.3, 0.4) is 0 Å². The average molecular weight is 219 g/mol. The van der Waals surface area contributed by atoms with Gasteiger partial charge >= 0.3 is 5.97 Å². The number of aromatic nitrogens is 2. The van der Waals surface area contributed by atoms with Gasteiger partial charge in [-0.2, -0.15) is 0 Å². The molecule has 1 N–H and O–H groups in total. The number of nitrogens with zero attached hydrogens (tertiary/aromatic N) is 2. The fourth-order valence-electron chi connectivity index (χ4n) is 0.713. The van der Waals surface area contributed by atoms with Gasteiger partial charge in [-0.05, 0) is 6.92 Å². The molecule has 0 amide bonds. The van der Waals surface area contributed by atoms with Crippen LogP contribution in [0.2, 0.25) is 0 Å². The third-order valence-corrected chi connectivity index (χ3v) is 2.03. The van der Waals surface area contributed by atoms with Gasteiger partial charge in [0.1, 0.15) is 6.33 Å². The first kappa shape index (κ1) is 8.26. The number of carboxylic acids is 1. The van der Waals surface area contributed by atoms with E-state index in [1.54, 1.807) is 6.92 Å². The van der Waals surface area contributed by atoms with E-state index in [4.69, 9.17) is 5.11 Å². The Labute approximate surface area is 72.2 Å². The van der Waals surface area contributed by atoms with Crippen molar-refractivity contribution in [1.29, 1.82) is 0 Å². The molecule has 0 fully saturated rings. The summed E-state index contributed by atoms with van der Waals surface area (Å²) in [5.41, 5.74) is 0.637. The van der Waals surface area contributed by atoms with Crippen molar-refractivity contribution in [3.05, 3.63) is 18.2 Å². The van der Waals surface area contributed by atoms with Gasteiger partial charge in [0.25, 0.3) is 0 Å². The van der Waals surface area contributed by atoms with Gasteiger partial charge in [0.2, 0.25) is 0 Å². The fraction of sp³-hybridized carbons (Fsp3) is 0.333. The van der Waals surface area contributed by atoms with E-state index in [2.05, 4.69) is 21.1 Å². The predicted molar refractivity (Wildman–Crippen MR) is 42.6 cm³/mol. The molecule has 1 atom stereocenters. The summed E-state index contributed by atoms with van der Waals surface area (Å²) in [7, 11) is 0. The summed E-state index contributed by atoms with van der Waals surface area (Å²) in [6.07, 6.45) is 3.03. The Hall–Kier alpha value is -0.840. The van der Waals surface area contributed by atoms with Gasteiger partial charge in [-0.1, -0.05) is 0 Å². The molecule has 1 unspecified atom stereocenters. The largest absolute Gasteiger partial charge is 0.481 e. The first-order chi connectivity index (χ1) is 5.13. The van der Waals surface area contributed by atoms with Crippen LogP contribution in [0.4, 0.5) is 0 Å². The first-order valence-electron chi connectivity index (χ1n) is 3.04. The van der Waals surface area contributed by atoms with Crippen molar-refractivity contribution in [2.24, 2.45) is 0 Å². The van der Waals surface area contributed by atoms with E-state index in [0.29, 0.717) is 5.69 Å². The maximum absolute atomic E-state index is 10.5. The van der Waals surface area contributed by atoms with Gasteiger partial charge in [-0.15, -0.1) is 0 Å². The second kappa shape index (κ2) is 3.04. The van der Waals surface area contributed by atoms with Crippen LogP contribution in [-0.4, -0.2) is 19.7 Å². The minimum absolute atomic E-state index is 0.531.